The molecule has 0 aliphatic heterocycles. The molecule has 0 aliphatic rings. The summed E-state index contributed by atoms with van der Waals surface area (Å²) >= 11 is 0. The predicted molar refractivity (Wildman–Crippen MR) is 380 cm³/mol. The van der Waals surface area contributed by atoms with E-state index in [4.69, 9.17) is 109 Å². The molecule has 0 aromatic carbocycles. The van der Waals surface area contributed by atoms with Gasteiger partial charge in [-0.05, 0) is 116 Å². The average Bonchev–Trinajstić information content (AvgIpc) is 0.866. The van der Waals surface area contributed by atoms with E-state index in [0.717, 1.165) is 0 Å². The number of carbonyl (C=O) groups excluding carboxylic acids is 8. The fourth-order valence-corrected chi connectivity index (χ4v) is 9.00. The Labute approximate surface area is 578 Å². The van der Waals surface area contributed by atoms with Crippen LogP contribution in [0.15, 0.2) is 44.9 Å². The van der Waals surface area contributed by atoms with Crippen molar-refractivity contribution in [3.63, 3.8) is 0 Å². The van der Waals surface area contributed by atoms with E-state index in [9.17, 15) is 48.3 Å². The monoisotopic (exact) mass is 1420 g/mol. The van der Waals surface area contributed by atoms with Gasteiger partial charge in [0.2, 0.25) is 47.3 Å². The Morgan fingerprint density at radius 1 is 0.220 bits per heavy atom. The highest BCUT2D eigenvalue weighted by atomic mass is 16.4. The largest absolute Gasteiger partial charge is 0.480 e. The molecule has 0 radical (unpaired) electrons. The minimum Gasteiger partial charge on any atom is -0.480 e. The molecule has 0 fully saturated rings. The molecule has 566 valence electrons. The lowest BCUT2D eigenvalue weighted by Gasteiger charge is -2.28. The molecule has 46 nitrogen and oxygen atoms in total. The summed E-state index contributed by atoms with van der Waals surface area (Å²) in [6.45, 7) is -0.0913. The highest BCUT2D eigenvalue weighted by molar-refractivity contribution is 5.98. The number of hydrogen-bond donors (Lipinski definition) is 28. The van der Waals surface area contributed by atoms with Gasteiger partial charge in [-0.3, -0.25) is 83.3 Å². The minimum absolute atomic E-state index is 0.0134. The van der Waals surface area contributed by atoms with E-state index in [1.807, 2.05) is 0 Å². The van der Waals surface area contributed by atoms with Gasteiger partial charge in [0.05, 0.1) is 6.04 Å². The second kappa shape index (κ2) is 50.9. The molecule has 0 heterocycles. The molecule has 8 amide bonds. The van der Waals surface area contributed by atoms with Crippen LogP contribution in [0.25, 0.3) is 0 Å². The molecule has 0 unspecified atom stereocenters. The zero-order chi connectivity index (χ0) is 75.7. The van der Waals surface area contributed by atoms with Gasteiger partial charge in [0, 0.05) is 58.9 Å². The van der Waals surface area contributed by atoms with Gasteiger partial charge in [0.15, 0.2) is 53.6 Å². The van der Waals surface area contributed by atoms with Crippen LogP contribution in [0, 0.1) is 0 Å². The first kappa shape index (κ1) is 88.6. The van der Waals surface area contributed by atoms with Crippen LogP contribution in [0.3, 0.4) is 0 Å². The summed E-state index contributed by atoms with van der Waals surface area (Å²) in [5, 5.41) is 30.8. The van der Waals surface area contributed by atoms with E-state index in [0.29, 0.717) is 6.42 Å². The summed E-state index contributed by atoms with van der Waals surface area (Å²) in [5.41, 5.74) is 106. The molecule has 0 spiro atoms. The van der Waals surface area contributed by atoms with Crippen molar-refractivity contribution in [2.24, 2.45) is 154 Å². The smallest absolute Gasteiger partial charge is 0.326 e. The Morgan fingerprint density at radius 3 is 0.500 bits per heavy atom. The molecule has 0 bridgehead atoms. The number of aliphatic imine (C=N–C) groups is 9. The molecule has 0 rings (SSSR count). The van der Waals surface area contributed by atoms with Crippen LogP contribution in [0.5, 0.6) is 0 Å². The first-order chi connectivity index (χ1) is 47.1. The van der Waals surface area contributed by atoms with Crippen LogP contribution < -0.4 is 151 Å². The normalized spacial score (nSPS) is 13.3. The van der Waals surface area contributed by atoms with Crippen molar-refractivity contribution in [2.45, 2.75) is 170 Å². The summed E-state index contributed by atoms with van der Waals surface area (Å²) < 4.78 is 0. The highest BCUT2D eigenvalue weighted by Gasteiger charge is 2.35. The van der Waals surface area contributed by atoms with Gasteiger partial charge in [0.25, 0.3) is 0 Å². The lowest BCUT2D eigenvalue weighted by molar-refractivity contribution is -0.142. The van der Waals surface area contributed by atoms with Crippen molar-refractivity contribution in [1.82, 2.24) is 42.5 Å². The van der Waals surface area contributed by atoms with Crippen LogP contribution in [-0.2, 0) is 43.2 Å². The molecule has 0 saturated carbocycles. The van der Waals surface area contributed by atoms with Crippen LogP contribution in [0.1, 0.15) is 116 Å². The van der Waals surface area contributed by atoms with Crippen LogP contribution in [0.4, 0.5) is 0 Å². The van der Waals surface area contributed by atoms with Crippen LogP contribution >= 0.6 is 0 Å². The summed E-state index contributed by atoms with van der Waals surface area (Å²) in [5.74, 6) is -11.2. The maximum absolute atomic E-state index is 14.8. The van der Waals surface area contributed by atoms with Gasteiger partial charge in [-0.15, -0.1) is 0 Å². The fraction of sp³-hybridized carbons (Fsp3) is 0.667. The van der Waals surface area contributed by atoms with Crippen LogP contribution in [-0.4, -0.2) is 225 Å². The number of hydrogen-bond acceptors (Lipinski definition) is 19. The number of nitrogens with zero attached hydrogens (tertiary/aromatic N) is 9. The van der Waals surface area contributed by atoms with Crippen molar-refractivity contribution in [1.29, 1.82) is 0 Å². The molecule has 0 aromatic heterocycles. The highest BCUT2D eigenvalue weighted by Crippen LogP contribution is 2.12. The maximum Gasteiger partial charge on any atom is 0.326 e. The number of nitrogens with one attached hydrogen (secondary N) is 8. The SMILES string of the molecule is NC(N)=NCCC[C@H](NC(=O)[C@H](CCCN=C(N)N)NC(=O)[C@H](CCCN=C(N)N)NC(=O)[C@H](CCCN=C(N)N)NC(=O)[C@@H](N)CCCN=C(N)N)C(=O)N[C@@H](CCCN=C(N)N)C(=O)N[C@@H](CCCN=C(N)N)C(=O)N[C@@H](CCCN=C(N)N)C(=O)N[C@H](CCCN=C(N)N)C(=O)O. The van der Waals surface area contributed by atoms with Gasteiger partial charge >= 0.3 is 5.97 Å². The molecule has 0 aliphatic carbocycles. The van der Waals surface area contributed by atoms with Gasteiger partial charge < -0.3 is 157 Å². The Kier molecular flexibility index (Phi) is 45.1. The number of amides is 8. The molecule has 9 atom stereocenters. The van der Waals surface area contributed by atoms with E-state index in [1.165, 1.54) is 0 Å². The summed E-state index contributed by atoms with van der Waals surface area (Å²) in [7, 11) is 0. The number of carboxylic acids is 1. The Balaban J connectivity index is 7.75. The molecule has 47 N–H and O–H groups in total. The maximum atomic E-state index is 14.8. The number of guanidine groups is 9. The van der Waals surface area contributed by atoms with Crippen molar-refractivity contribution >= 4 is 107 Å². The number of carboxylic acid groups (broad SMARTS) is 1. The van der Waals surface area contributed by atoms with Crippen molar-refractivity contribution in [3.05, 3.63) is 0 Å². The van der Waals surface area contributed by atoms with Gasteiger partial charge in [-0.1, -0.05) is 0 Å². The number of rotatable bonds is 53. The van der Waals surface area contributed by atoms with E-state index in [2.05, 4.69) is 87.5 Å². The van der Waals surface area contributed by atoms with E-state index < -0.39 is 108 Å². The number of aliphatic carboxylic acids is 1. The van der Waals surface area contributed by atoms with Gasteiger partial charge in [-0.25, -0.2) is 4.79 Å². The van der Waals surface area contributed by atoms with E-state index in [-0.39, 0.29) is 222 Å². The lowest BCUT2D eigenvalue weighted by Crippen LogP contribution is -2.60. The summed E-state index contributed by atoms with van der Waals surface area (Å²) in [6, 6.07) is -13.1. The zero-order valence-electron chi connectivity index (χ0n) is 56.4. The van der Waals surface area contributed by atoms with Crippen molar-refractivity contribution in [3.8, 4) is 0 Å². The standard InChI is InChI=1S/C54H110N36O10/c55-28(10-1-19-74-46(56)57)37(91)83-29(11-2-20-75-47(58)59)38(92)84-30(12-3-21-76-48(60)61)39(93)85-31(13-4-22-77-49(62)63)40(94)86-32(14-5-23-78-50(64)65)41(95)87-33(15-6-24-79-51(66)67)42(96)88-34(16-7-25-80-52(68)69)43(97)89-35(17-8-26-81-53(70)71)44(98)90-36(45(99)100)18-9-27-82-54(72)73/h28-36H,1-27,55H2,(H,83,91)(H,84,92)(H,85,93)(H,86,94)(H,87,95)(H,88,96)(H,89,97)(H,90,98)(H,99,100)(H4,56,57,74)(H4,58,59,75)(H4,60,61,76)(H4,62,63,77)(H4,64,65,78)(H4,66,67,79)(H4,68,69,80)(H4,70,71,81)(H4,72,73,82)/t28-,29-,30-,31-,32-,33-,34-,35-,36+/m0/s1. The summed E-state index contributed by atoms with van der Waals surface area (Å²) in [4.78, 5) is 163. The van der Waals surface area contributed by atoms with E-state index >= 15 is 0 Å². The second-order valence-corrected chi connectivity index (χ2v) is 22.5. The van der Waals surface area contributed by atoms with Gasteiger partial charge in [-0.2, -0.15) is 0 Å². The third-order valence-electron chi connectivity index (χ3n) is 13.9. The Morgan fingerprint density at radius 2 is 0.350 bits per heavy atom. The third kappa shape index (κ3) is 44.4. The topological polar surface area (TPSA) is 876 Å². The number of nitrogens with two attached hydrogens (primary N) is 19. The third-order valence-corrected chi connectivity index (χ3v) is 13.9. The van der Waals surface area contributed by atoms with E-state index in [1.54, 1.807) is 0 Å². The second-order valence-electron chi connectivity index (χ2n) is 22.5. The first-order valence-electron chi connectivity index (χ1n) is 32.0. The first-order valence-corrected chi connectivity index (χ1v) is 32.0. The Bertz CT molecular complexity index is 2850. The molecular formula is C54H110N36O10. The van der Waals surface area contributed by atoms with Crippen molar-refractivity contribution < 1.29 is 48.3 Å². The average molecular weight is 1420 g/mol. The Hall–Kier alpha value is -11.4. The summed E-state index contributed by atoms with van der Waals surface area (Å²) in [6.07, 6.45) is -0.458. The number of carbonyl (C=O) groups is 9. The molecule has 100 heavy (non-hydrogen) atoms. The predicted octanol–water partition coefficient (Wildman–Crippen LogP) is -13.2. The molecular weight excluding hydrogens is 1310 g/mol. The quantitative estimate of drug-likeness (QED) is 0.0153. The van der Waals surface area contributed by atoms with Crippen LogP contribution in [0.2, 0.25) is 0 Å². The zero-order valence-corrected chi connectivity index (χ0v) is 56.4. The van der Waals surface area contributed by atoms with Gasteiger partial charge in [0.1, 0.15) is 48.3 Å². The lowest BCUT2D eigenvalue weighted by atomic mass is 10.0. The van der Waals surface area contributed by atoms with Crippen molar-refractivity contribution in [2.75, 3.05) is 58.9 Å². The molecule has 46 heteroatoms. The molecule has 0 saturated heterocycles. The molecule has 0 aromatic rings. The fourth-order valence-electron chi connectivity index (χ4n) is 9.00. The minimum atomic E-state index is -1.57.